The van der Waals surface area contributed by atoms with Crippen LogP contribution in [0.2, 0.25) is 0 Å². The minimum absolute atomic E-state index is 0.359. The lowest BCUT2D eigenvalue weighted by Gasteiger charge is -2.33. The van der Waals surface area contributed by atoms with Gasteiger partial charge < -0.3 is 5.32 Å². The maximum absolute atomic E-state index is 5.74. The summed E-state index contributed by atoms with van der Waals surface area (Å²) in [5, 5.41) is 3.64. The molecule has 1 aliphatic rings. The van der Waals surface area contributed by atoms with E-state index in [0.29, 0.717) is 18.7 Å². The first-order chi connectivity index (χ1) is 10.9. The quantitative estimate of drug-likeness (QED) is 0.786. The van der Waals surface area contributed by atoms with Gasteiger partial charge >= 0.3 is 0 Å². The van der Waals surface area contributed by atoms with E-state index in [-0.39, 0.29) is 0 Å². The van der Waals surface area contributed by atoms with Crippen molar-refractivity contribution in [2.45, 2.75) is 44.4 Å². The Morgan fingerprint density at radius 2 is 1.45 bits per heavy atom. The van der Waals surface area contributed by atoms with Crippen LogP contribution >= 0.6 is 0 Å². The van der Waals surface area contributed by atoms with Gasteiger partial charge in [-0.2, -0.15) is 5.48 Å². The van der Waals surface area contributed by atoms with E-state index in [1.54, 1.807) is 0 Å². The molecule has 0 bridgehead atoms. The molecule has 3 rings (SSSR count). The minimum atomic E-state index is 0.359. The lowest BCUT2D eigenvalue weighted by molar-refractivity contribution is -0.00752. The van der Waals surface area contributed by atoms with Crippen LogP contribution in [-0.4, -0.2) is 12.1 Å². The molecule has 1 aliphatic carbocycles. The molecule has 0 amide bonds. The van der Waals surface area contributed by atoms with Crippen molar-refractivity contribution in [1.82, 2.24) is 5.48 Å². The molecule has 2 atom stereocenters. The highest BCUT2D eigenvalue weighted by Crippen LogP contribution is 2.22. The molecule has 0 aliphatic heterocycles. The van der Waals surface area contributed by atoms with Crippen molar-refractivity contribution in [3.05, 3.63) is 66.2 Å². The molecule has 1 fully saturated rings. The number of anilines is 1. The van der Waals surface area contributed by atoms with Crippen LogP contribution in [0.3, 0.4) is 0 Å². The van der Waals surface area contributed by atoms with E-state index in [1.165, 1.54) is 30.5 Å². The number of nitrogens with one attached hydrogen (secondary N) is 2. The minimum Gasteiger partial charge on any atom is -0.381 e. The SMILES string of the molecule is c1ccc(CONC2CCCC[C@@H]2Nc2ccccc2)cc1. The first-order valence-electron chi connectivity index (χ1n) is 8.14. The Labute approximate surface area is 132 Å². The van der Waals surface area contributed by atoms with E-state index < -0.39 is 0 Å². The van der Waals surface area contributed by atoms with Gasteiger partial charge in [-0.3, -0.25) is 4.84 Å². The second-order valence-electron chi connectivity index (χ2n) is 5.90. The zero-order valence-corrected chi connectivity index (χ0v) is 12.9. The van der Waals surface area contributed by atoms with E-state index in [2.05, 4.69) is 47.2 Å². The van der Waals surface area contributed by atoms with Crippen molar-refractivity contribution in [1.29, 1.82) is 0 Å². The van der Waals surface area contributed by atoms with Crippen molar-refractivity contribution in [2.24, 2.45) is 0 Å². The molecule has 22 heavy (non-hydrogen) atoms. The molecule has 1 saturated carbocycles. The average molecular weight is 296 g/mol. The summed E-state index contributed by atoms with van der Waals surface area (Å²) in [6.45, 7) is 0.607. The highest BCUT2D eigenvalue weighted by Gasteiger charge is 2.25. The summed E-state index contributed by atoms with van der Waals surface area (Å²) in [6, 6.07) is 21.5. The second kappa shape index (κ2) is 7.97. The first kappa shape index (κ1) is 15.1. The van der Waals surface area contributed by atoms with E-state index >= 15 is 0 Å². The van der Waals surface area contributed by atoms with Crippen LogP contribution in [0.15, 0.2) is 60.7 Å². The van der Waals surface area contributed by atoms with Crippen LogP contribution in [-0.2, 0) is 11.4 Å². The summed E-state index contributed by atoms with van der Waals surface area (Å²) in [4.78, 5) is 5.74. The van der Waals surface area contributed by atoms with Gasteiger partial charge in [-0.15, -0.1) is 0 Å². The number of hydroxylamine groups is 1. The molecule has 0 spiro atoms. The second-order valence-corrected chi connectivity index (χ2v) is 5.90. The number of hydrogen-bond donors (Lipinski definition) is 2. The Kier molecular flexibility index (Phi) is 5.46. The fourth-order valence-corrected chi connectivity index (χ4v) is 3.00. The summed E-state index contributed by atoms with van der Waals surface area (Å²) in [5.41, 5.74) is 5.66. The van der Waals surface area contributed by atoms with Crippen LogP contribution in [0, 0.1) is 0 Å². The molecule has 0 radical (unpaired) electrons. The van der Waals surface area contributed by atoms with Gasteiger partial charge in [0, 0.05) is 11.7 Å². The van der Waals surface area contributed by atoms with Gasteiger partial charge in [0.25, 0.3) is 0 Å². The Morgan fingerprint density at radius 3 is 2.18 bits per heavy atom. The Bertz CT molecular complexity index is 544. The van der Waals surface area contributed by atoms with E-state index in [1.807, 2.05) is 24.3 Å². The normalized spacial score (nSPS) is 21.5. The molecule has 3 nitrogen and oxygen atoms in total. The molecular weight excluding hydrogens is 272 g/mol. The lowest BCUT2D eigenvalue weighted by atomic mass is 9.90. The summed E-state index contributed by atoms with van der Waals surface area (Å²) in [7, 11) is 0. The third-order valence-electron chi connectivity index (χ3n) is 4.21. The molecule has 0 saturated heterocycles. The van der Waals surface area contributed by atoms with Crippen LogP contribution in [0.4, 0.5) is 5.69 Å². The Morgan fingerprint density at radius 1 is 0.818 bits per heavy atom. The lowest BCUT2D eigenvalue weighted by Crippen LogP contribution is -2.46. The fourth-order valence-electron chi connectivity index (χ4n) is 3.00. The Hall–Kier alpha value is -1.84. The smallest absolute Gasteiger partial charge is 0.0933 e. The molecule has 0 aromatic heterocycles. The Balaban J connectivity index is 1.51. The average Bonchev–Trinajstić information content (AvgIpc) is 2.58. The van der Waals surface area contributed by atoms with Gasteiger partial charge in [0.15, 0.2) is 0 Å². The van der Waals surface area contributed by atoms with Crippen LogP contribution in [0.1, 0.15) is 31.2 Å². The number of benzene rings is 2. The summed E-state index contributed by atoms with van der Waals surface area (Å²) in [6.07, 6.45) is 4.88. The monoisotopic (exact) mass is 296 g/mol. The van der Waals surface area contributed by atoms with Crippen molar-refractivity contribution >= 4 is 5.69 Å². The van der Waals surface area contributed by atoms with Gasteiger partial charge in [-0.25, -0.2) is 0 Å². The molecule has 1 unspecified atom stereocenters. The largest absolute Gasteiger partial charge is 0.381 e. The molecule has 2 aromatic carbocycles. The molecule has 3 heteroatoms. The standard InChI is InChI=1S/C19H24N2O/c1-3-9-16(10-4-1)15-22-21-19-14-8-7-13-18(19)20-17-11-5-2-6-12-17/h1-6,9-12,18-21H,7-8,13-15H2/t18-,19?/m0/s1. The maximum Gasteiger partial charge on any atom is 0.0933 e. The molecule has 116 valence electrons. The number of para-hydroxylation sites is 1. The first-order valence-corrected chi connectivity index (χ1v) is 8.14. The highest BCUT2D eigenvalue weighted by atomic mass is 16.6. The summed E-state index contributed by atoms with van der Waals surface area (Å²) >= 11 is 0. The molecular formula is C19H24N2O. The predicted octanol–water partition coefficient (Wildman–Crippen LogP) is 4.13. The van der Waals surface area contributed by atoms with Gasteiger partial charge in [-0.1, -0.05) is 61.4 Å². The van der Waals surface area contributed by atoms with Crippen LogP contribution < -0.4 is 10.8 Å². The molecule has 2 N–H and O–H groups in total. The number of rotatable bonds is 6. The molecule has 2 aromatic rings. The van der Waals surface area contributed by atoms with Crippen molar-refractivity contribution in [3.8, 4) is 0 Å². The van der Waals surface area contributed by atoms with E-state index in [9.17, 15) is 0 Å². The number of hydrogen-bond acceptors (Lipinski definition) is 3. The topological polar surface area (TPSA) is 33.3 Å². The maximum atomic E-state index is 5.74. The fraction of sp³-hybridized carbons (Fsp3) is 0.368. The van der Waals surface area contributed by atoms with Crippen LogP contribution in [0.5, 0.6) is 0 Å². The third-order valence-corrected chi connectivity index (χ3v) is 4.21. The molecule has 0 heterocycles. The van der Waals surface area contributed by atoms with Gasteiger partial charge in [0.2, 0.25) is 0 Å². The van der Waals surface area contributed by atoms with Crippen LogP contribution in [0.25, 0.3) is 0 Å². The van der Waals surface area contributed by atoms with Gasteiger partial charge in [0.1, 0.15) is 0 Å². The van der Waals surface area contributed by atoms with Gasteiger partial charge in [-0.05, 0) is 30.5 Å². The predicted molar refractivity (Wildman–Crippen MR) is 90.5 cm³/mol. The van der Waals surface area contributed by atoms with Crippen molar-refractivity contribution in [2.75, 3.05) is 5.32 Å². The zero-order valence-electron chi connectivity index (χ0n) is 12.9. The van der Waals surface area contributed by atoms with Crippen molar-refractivity contribution < 1.29 is 4.84 Å². The third kappa shape index (κ3) is 4.33. The summed E-state index contributed by atoms with van der Waals surface area (Å²) in [5.74, 6) is 0. The van der Waals surface area contributed by atoms with E-state index in [0.717, 1.165) is 6.42 Å². The zero-order chi connectivity index (χ0) is 15.0. The van der Waals surface area contributed by atoms with Gasteiger partial charge in [0.05, 0.1) is 12.6 Å². The summed E-state index contributed by atoms with van der Waals surface area (Å²) < 4.78 is 0. The highest BCUT2D eigenvalue weighted by molar-refractivity contribution is 5.43. The van der Waals surface area contributed by atoms with E-state index in [4.69, 9.17) is 4.84 Å². The van der Waals surface area contributed by atoms with Crippen molar-refractivity contribution in [3.63, 3.8) is 0 Å².